The molecule has 5 N–H and O–H groups in total. The van der Waals surface area contributed by atoms with Crippen molar-refractivity contribution in [3.63, 3.8) is 0 Å². The van der Waals surface area contributed by atoms with E-state index in [1.54, 1.807) is 19.3 Å². The molecule has 27 heavy (non-hydrogen) atoms. The van der Waals surface area contributed by atoms with Crippen molar-refractivity contribution in [3.8, 4) is 0 Å². The van der Waals surface area contributed by atoms with E-state index in [1.807, 2.05) is 0 Å². The van der Waals surface area contributed by atoms with Crippen LogP contribution < -0.4 is 16.1 Å². The van der Waals surface area contributed by atoms with Gasteiger partial charge in [-0.1, -0.05) is 0 Å². The third kappa shape index (κ3) is 3.93. The van der Waals surface area contributed by atoms with Crippen LogP contribution in [0.2, 0.25) is 0 Å². The molecule has 0 saturated carbocycles. The predicted molar refractivity (Wildman–Crippen MR) is 104 cm³/mol. The number of rotatable bonds is 4. The van der Waals surface area contributed by atoms with E-state index < -0.39 is 12.2 Å². The summed E-state index contributed by atoms with van der Waals surface area (Å²) in [6.07, 6.45) is 3.08. The maximum atomic E-state index is 11.9. The molecule has 2 aromatic heterocycles. The molecule has 0 aliphatic carbocycles. The lowest BCUT2D eigenvalue weighted by Crippen LogP contribution is -2.53. The van der Waals surface area contributed by atoms with Gasteiger partial charge in [-0.2, -0.15) is 0 Å². The van der Waals surface area contributed by atoms with Gasteiger partial charge in [0.1, 0.15) is 5.65 Å². The first kappa shape index (κ1) is 19.2. The van der Waals surface area contributed by atoms with Crippen LogP contribution >= 0.6 is 15.9 Å². The molecule has 2 amide bonds. The molecule has 10 nitrogen and oxygen atoms in total. The first-order valence-electron chi connectivity index (χ1n) is 8.53. The zero-order chi connectivity index (χ0) is 19.6. The number of hydrazine groups is 1. The Balaban J connectivity index is 1.97. The fourth-order valence-corrected chi connectivity index (χ4v) is 3.83. The summed E-state index contributed by atoms with van der Waals surface area (Å²) in [6.45, 7) is 3.15. The van der Waals surface area contributed by atoms with Gasteiger partial charge in [-0.05, 0) is 35.7 Å². The lowest BCUT2D eigenvalue weighted by molar-refractivity contribution is 0.119. The fourth-order valence-electron chi connectivity index (χ4n) is 3.28. The van der Waals surface area contributed by atoms with Crippen LogP contribution in [0.15, 0.2) is 16.9 Å². The Labute approximate surface area is 163 Å². The summed E-state index contributed by atoms with van der Waals surface area (Å²) < 4.78 is 5.69. The molecule has 3 rings (SSSR count). The summed E-state index contributed by atoms with van der Waals surface area (Å²) in [6, 6.07) is -0.327. The zero-order valence-electron chi connectivity index (χ0n) is 14.7. The number of nitrogens with two attached hydrogens (primary N) is 1. The second-order valence-electron chi connectivity index (χ2n) is 6.16. The zero-order valence-corrected chi connectivity index (χ0v) is 16.3. The molecule has 1 atom stereocenters. The second-order valence-corrected chi connectivity index (χ2v) is 7.01. The van der Waals surface area contributed by atoms with Gasteiger partial charge in [0.15, 0.2) is 0 Å². The minimum atomic E-state index is -1.16. The second kappa shape index (κ2) is 8.01. The monoisotopic (exact) mass is 440 g/mol. The summed E-state index contributed by atoms with van der Waals surface area (Å²) in [4.78, 5) is 32.5. The lowest BCUT2D eigenvalue weighted by atomic mass is 10.0. The Morgan fingerprint density at radius 1 is 1.59 bits per heavy atom. The number of ether oxygens (including phenoxy) is 1. The SMILES string of the molecule is CCOC(=O)Nc1c[nH]c2ncc(Br)c(N3CCC[C@@H](N(N)C(=O)O)C3)c12. The van der Waals surface area contributed by atoms with E-state index in [-0.39, 0.29) is 12.6 Å². The number of hydrogen-bond acceptors (Lipinski definition) is 6. The molecule has 1 saturated heterocycles. The van der Waals surface area contributed by atoms with Gasteiger partial charge < -0.3 is 19.7 Å². The number of aromatic nitrogens is 2. The van der Waals surface area contributed by atoms with Crippen molar-refractivity contribution in [1.29, 1.82) is 0 Å². The standard InChI is InChI=1S/C16H21BrN6O4/c1-2-27-15(24)21-11-7-20-14-12(11)13(10(17)6-19-14)22-5-3-4-9(8-22)23(18)16(25)26/h6-7,9H,2-5,8,18H2,1H3,(H,19,20)(H,21,24)(H,25,26)/t9-/m1/s1. The number of carbonyl (C=O) groups excluding carboxylic acids is 1. The van der Waals surface area contributed by atoms with Gasteiger partial charge in [0.25, 0.3) is 0 Å². The van der Waals surface area contributed by atoms with Crippen LogP contribution in [0.25, 0.3) is 11.0 Å². The van der Waals surface area contributed by atoms with E-state index >= 15 is 0 Å². The Hall–Kier alpha value is -2.53. The van der Waals surface area contributed by atoms with Crippen molar-refractivity contribution >= 4 is 50.5 Å². The number of anilines is 2. The Morgan fingerprint density at radius 3 is 3.07 bits per heavy atom. The number of fused-ring (bicyclic) bond motifs is 1. The molecule has 0 radical (unpaired) electrons. The van der Waals surface area contributed by atoms with E-state index in [4.69, 9.17) is 10.6 Å². The van der Waals surface area contributed by atoms with Crippen LogP contribution in [-0.4, -0.2) is 58.0 Å². The van der Waals surface area contributed by atoms with Crippen molar-refractivity contribution in [3.05, 3.63) is 16.9 Å². The lowest BCUT2D eigenvalue weighted by Gasteiger charge is -2.38. The molecule has 1 aliphatic rings. The summed E-state index contributed by atoms with van der Waals surface area (Å²) >= 11 is 3.53. The molecule has 0 spiro atoms. The first-order valence-corrected chi connectivity index (χ1v) is 9.32. The summed E-state index contributed by atoms with van der Waals surface area (Å²) in [5.74, 6) is 5.69. The number of nitrogens with zero attached hydrogens (tertiary/aromatic N) is 3. The summed E-state index contributed by atoms with van der Waals surface area (Å²) in [5.41, 5.74) is 1.96. The number of carboxylic acid groups (broad SMARTS) is 1. The third-order valence-electron chi connectivity index (χ3n) is 4.47. The van der Waals surface area contributed by atoms with Crippen molar-refractivity contribution in [1.82, 2.24) is 15.0 Å². The van der Waals surface area contributed by atoms with Gasteiger partial charge in [0.05, 0.1) is 33.9 Å². The number of carbonyl (C=O) groups is 2. The first-order chi connectivity index (χ1) is 12.9. The maximum absolute atomic E-state index is 11.9. The quantitative estimate of drug-likeness (QED) is 0.325. The number of amides is 2. The number of pyridine rings is 1. The van der Waals surface area contributed by atoms with Crippen molar-refractivity contribution in [2.75, 3.05) is 29.9 Å². The van der Waals surface area contributed by atoms with Gasteiger partial charge in [-0.15, -0.1) is 0 Å². The molecular weight excluding hydrogens is 420 g/mol. The molecule has 0 bridgehead atoms. The maximum Gasteiger partial charge on any atom is 0.421 e. The topological polar surface area (TPSA) is 137 Å². The van der Waals surface area contributed by atoms with E-state index in [2.05, 4.69) is 36.1 Å². The highest BCUT2D eigenvalue weighted by atomic mass is 79.9. The Morgan fingerprint density at radius 2 is 2.37 bits per heavy atom. The highest BCUT2D eigenvalue weighted by Gasteiger charge is 2.29. The molecule has 0 aromatic carbocycles. The van der Waals surface area contributed by atoms with Crippen LogP contribution in [0.4, 0.5) is 21.0 Å². The molecular formula is C16H21BrN6O4. The average molecular weight is 441 g/mol. The molecule has 11 heteroatoms. The highest BCUT2D eigenvalue weighted by molar-refractivity contribution is 9.10. The highest BCUT2D eigenvalue weighted by Crippen LogP contribution is 2.39. The Kier molecular flexibility index (Phi) is 5.71. The van der Waals surface area contributed by atoms with E-state index in [0.29, 0.717) is 24.3 Å². The van der Waals surface area contributed by atoms with E-state index in [1.165, 1.54) is 0 Å². The molecule has 0 unspecified atom stereocenters. The van der Waals surface area contributed by atoms with Crippen LogP contribution in [0.5, 0.6) is 0 Å². The smallest absolute Gasteiger partial charge is 0.421 e. The average Bonchev–Trinajstić information content (AvgIpc) is 3.04. The summed E-state index contributed by atoms with van der Waals surface area (Å²) in [5, 5.41) is 13.5. The number of halogens is 1. The summed E-state index contributed by atoms with van der Waals surface area (Å²) in [7, 11) is 0. The van der Waals surface area contributed by atoms with Gasteiger partial charge in [-0.3, -0.25) is 5.32 Å². The van der Waals surface area contributed by atoms with Gasteiger partial charge in [-0.25, -0.2) is 25.4 Å². The van der Waals surface area contributed by atoms with Crippen LogP contribution in [0.3, 0.4) is 0 Å². The van der Waals surface area contributed by atoms with E-state index in [9.17, 15) is 14.7 Å². The van der Waals surface area contributed by atoms with Crippen LogP contribution in [0, 0.1) is 0 Å². The normalized spacial score (nSPS) is 17.0. The molecule has 1 fully saturated rings. The van der Waals surface area contributed by atoms with Gasteiger partial charge in [0, 0.05) is 25.5 Å². The minimum Gasteiger partial charge on any atom is -0.464 e. The third-order valence-corrected chi connectivity index (χ3v) is 5.05. The van der Waals surface area contributed by atoms with Gasteiger partial charge in [0.2, 0.25) is 0 Å². The minimum absolute atomic E-state index is 0.262. The Bertz CT molecular complexity index is 857. The van der Waals surface area contributed by atoms with Crippen molar-refractivity contribution < 1.29 is 19.4 Å². The molecule has 146 valence electrons. The number of aromatic amines is 1. The number of piperidine rings is 1. The molecule has 2 aromatic rings. The fraction of sp³-hybridized carbons (Fsp3) is 0.438. The van der Waals surface area contributed by atoms with Crippen molar-refractivity contribution in [2.24, 2.45) is 5.84 Å². The number of nitrogens with one attached hydrogen (secondary N) is 2. The van der Waals surface area contributed by atoms with Crippen molar-refractivity contribution in [2.45, 2.75) is 25.8 Å². The molecule has 1 aliphatic heterocycles. The number of H-pyrrole nitrogens is 1. The van der Waals surface area contributed by atoms with Gasteiger partial charge >= 0.3 is 12.2 Å². The van der Waals surface area contributed by atoms with Crippen LogP contribution in [0.1, 0.15) is 19.8 Å². The van der Waals surface area contributed by atoms with Crippen LogP contribution in [-0.2, 0) is 4.74 Å². The van der Waals surface area contributed by atoms with E-state index in [0.717, 1.165) is 33.5 Å². The molecule has 3 heterocycles. The largest absolute Gasteiger partial charge is 0.464 e. The predicted octanol–water partition coefficient (Wildman–Crippen LogP) is 2.72. The number of hydrogen-bond donors (Lipinski definition) is 4.